The molecule has 0 radical (unpaired) electrons. The maximum absolute atomic E-state index is 13.0. The Kier molecular flexibility index (Phi) is 3.65. The molecule has 3 aromatic rings. The van der Waals surface area contributed by atoms with Crippen LogP contribution in [0.15, 0.2) is 47.3 Å². The summed E-state index contributed by atoms with van der Waals surface area (Å²) in [5, 5.41) is 1.17. The third-order valence-corrected chi connectivity index (χ3v) is 3.90. The Hall–Kier alpha value is -2.33. The number of hydrogen-bond acceptors (Lipinski definition) is 3. The van der Waals surface area contributed by atoms with Crippen LogP contribution < -0.4 is 11.3 Å². The molecule has 5 heteroatoms. The first-order valence-electron chi connectivity index (χ1n) is 7.36. The van der Waals surface area contributed by atoms with Crippen molar-refractivity contribution in [3.05, 3.63) is 63.7 Å². The number of nitrogens with two attached hydrogens (primary N) is 1. The molecule has 0 aliphatic heterocycles. The van der Waals surface area contributed by atoms with E-state index in [9.17, 15) is 4.79 Å². The first kappa shape index (κ1) is 15.6. The van der Waals surface area contributed by atoms with Crippen molar-refractivity contribution in [3.63, 3.8) is 0 Å². The number of nitrogen functional groups attached to an aromatic ring is 1. The van der Waals surface area contributed by atoms with Crippen LogP contribution in [0.25, 0.3) is 16.6 Å². The van der Waals surface area contributed by atoms with Gasteiger partial charge in [-0.1, -0.05) is 32.4 Å². The van der Waals surface area contributed by atoms with E-state index in [0.29, 0.717) is 27.4 Å². The van der Waals surface area contributed by atoms with E-state index in [1.165, 1.54) is 0 Å². The van der Waals surface area contributed by atoms with Crippen LogP contribution in [0.2, 0.25) is 5.02 Å². The number of nitrogens with zero attached hydrogens (tertiary/aromatic N) is 2. The summed E-state index contributed by atoms with van der Waals surface area (Å²) in [4.78, 5) is 17.8. The van der Waals surface area contributed by atoms with Gasteiger partial charge in [0.05, 0.1) is 16.6 Å². The number of rotatable bonds is 1. The molecule has 0 fully saturated rings. The normalized spacial score (nSPS) is 11.8. The van der Waals surface area contributed by atoms with Crippen LogP contribution in [0.1, 0.15) is 26.6 Å². The average Bonchev–Trinajstić information content (AvgIpc) is 2.47. The van der Waals surface area contributed by atoms with Gasteiger partial charge >= 0.3 is 0 Å². The van der Waals surface area contributed by atoms with Crippen molar-refractivity contribution < 1.29 is 0 Å². The summed E-state index contributed by atoms with van der Waals surface area (Å²) >= 11 is 5.96. The van der Waals surface area contributed by atoms with E-state index in [0.717, 1.165) is 5.69 Å². The van der Waals surface area contributed by atoms with Gasteiger partial charge in [-0.05, 0) is 42.5 Å². The van der Waals surface area contributed by atoms with E-state index < -0.39 is 0 Å². The lowest BCUT2D eigenvalue weighted by Gasteiger charge is -2.23. The lowest BCUT2D eigenvalue weighted by atomic mass is 9.94. The number of hydrogen-bond donors (Lipinski definition) is 1. The van der Waals surface area contributed by atoms with Crippen LogP contribution in [0, 0.1) is 0 Å². The minimum Gasteiger partial charge on any atom is -0.399 e. The van der Waals surface area contributed by atoms with E-state index in [1.807, 2.05) is 32.9 Å². The molecule has 0 bridgehead atoms. The highest BCUT2D eigenvalue weighted by atomic mass is 35.5. The second-order valence-corrected chi connectivity index (χ2v) is 7.02. The van der Waals surface area contributed by atoms with Crippen molar-refractivity contribution in [2.45, 2.75) is 26.2 Å². The molecule has 0 saturated carbocycles. The van der Waals surface area contributed by atoms with E-state index >= 15 is 0 Å². The maximum atomic E-state index is 13.0. The van der Waals surface area contributed by atoms with Gasteiger partial charge in [0.1, 0.15) is 5.82 Å². The van der Waals surface area contributed by atoms with E-state index in [4.69, 9.17) is 22.3 Å². The number of halogens is 1. The highest BCUT2D eigenvalue weighted by molar-refractivity contribution is 6.30. The summed E-state index contributed by atoms with van der Waals surface area (Å²) in [5.74, 6) is 0.683. The molecule has 0 amide bonds. The fourth-order valence-corrected chi connectivity index (χ4v) is 2.66. The average molecular weight is 328 g/mol. The highest BCUT2D eigenvalue weighted by Gasteiger charge is 2.23. The molecular weight excluding hydrogens is 310 g/mol. The van der Waals surface area contributed by atoms with Crippen LogP contribution in [-0.2, 0) is 5.41 Å². The van der Waals surface area contributed by atoms with E-state index in [1.54, 1.807) is 34.9 Å². The summed E-state index contributed by atoms with van der Waals surface area (Å²) < 4.78 is 1.65. The molecule has 0 aliphatic rings. The highest BCUT2D eigenvalue weighted by Crippen LogP contribution is 2.25. The number of benzene rings is 2. The summed E-state index contributed by atoms with van der Waals surface area (Å²) in [6.45, 7) is 6.08. The van der Waals surface area contributed by atoms with Crippen molar-refractivity contribution in [2.24, 2.45) is 0 Å². The Labute approximate surface area is 139 Å². The van der Waals surface area contributed by atoms with Crippen molar-refractivity contribution in [1.82, 2.24) is 9.55 Å². The zero-order valence-electron chi connectivity index (χ0n) is 13.3. The molecule has 0 aliphatic carbocycles. The SMILES string of the molecule is CC(C)(C)c1nc2cc(N)ccc2c(=O)n1-c1ccc(Cl)cc1. The molecule has 1 aromatic heterocycles. The third kappa shape index (κ3) is 2.82. The summed E-state index contributed by atoms with van der Waals surface area (Å²) in [5.41, 5.74) is 7.37. The molecule has 3 rings (SSSR count). The maximum Gasteiger partial charge on any atom is 0.265 e. The summed E-state index contributed by atoms with van der Waals surface area (Å²) in [6.07, 6.45) is 0. The van der Waals surface area contributed by atoms with Crippen LogP contribution in [0.3, 0.4) is 0 Å². The number of fused-ring (bicyclic) bond motifs is 1. The Morgan fingerprint density at radius 3 is 2.35 bits per heavy atom. The Balaban J connectivity index is 2.43. The molecule has 2 aromatic carbocycles. The molecule has 118 valence electrons. The fourth-order valence-electron chi connectivity index (χ4n) is 2.54. The number of anilines is 1. The predicted molar refractivity (Wildman–Crippen MR) is 95.5 cm³/mol. The van der Waals surface area contributed by atoms with Gasteiger partial charge in [0.2, 0.25) is 0 Å². The smallest absolute Gasteiger partial charge is 0.265 e. The zero-order chi connectivity index (χ0) is 16.8. The Bertz CT molecular complexity index is 937. The van der Waals surface area contributed by atoms with Gasteiger partial charge in [0, 0.05) is 16.1 Å². The van der Waals surface area contributed by atoms with Gasteiger partial charge in [-0.15, -0.1) is 0 Å². The first-order valence-corrected chi connectivity index (χ1v) is 7.74. The fraction of sp³-hybridized carbons (Fsp3) is 0.222. The topological polar surface area (TPSA) is 60.9 Å². The summed E-state index contributed by atoms with van der Waals surface area (Å²) in [6, 6.07) is 12.4. The lowest BCUT2D eigenvalue weighted by molar-refractivity contribution is 0.526. The first-order chi connectivity index (χ1) is 10.8. The van der Waals surface area contributed by atoms with Crippen LogP contribution >= 0.6 is 11.6 Å². The van der Waals surface area contributed by atoms with E-state index in [-0.39, 0.29) is 11.0 Å². The predicted octanol–water partition coefficient (Wildman–Crippen LogP) is 3.92. The molecule has 0 atom stereocenters. The van der Waals surface area contributed by atoms with Crippen molar-refractivity contribution in [2.75, 3.05) is 5.73 Å². The monoisotopic (exact) mass is 327 g/mol. The minimum absolute atomic E-state index is 0.109. The second-order valence-electron chi connectivity index (χ2n) is 6.58. The Morgan fingerprint density at radius 2 is 1.74 bits per heavy atom. The van der Waals surface area contributed by atoms with Crippen LogP contribution in [-0.4, -0.2) is 9.55 Å². The Morgan fingerprint density at radius 1 is 1.09 bits per heavy atom. The lowest BCUT2D eigenvalue weighted by Crippen LogP contribution is -2.30. The molecule has 0 spiro atoms. The second kappa shape index (κ2) is 5.39. The largest absolute Gasteiger partial charge is 0.399 e. The van der Waals surface area contributed by atoms with Crippen molar-refractivity contribution in [1.29, 1.82) is 0 Å². The zero-order valence-corrected chi connectivity index (χ0v) is 14.1. The minimum atomic E-state index is -0.308. The van der Waals surface area contributed by atoms with Crippen molar-refractivity contribution >= 4 is 28.2 Å². The van der Waals surface area contributed by atoms with Gasteiger partial charge in [0.25, 0.3) is 5.56 Å². The van der Waals surface area contributed by atoms with Gasteiger partial charge in [-0.3, -0.25) is 9.36 Å². The quantitative estimate of drug-likeness (QED) is 0.689. The molecular formula is C18H18ClN3O. The van der Waals surface area contributed by atoms with Gasteiger partial charge < -0.3 is 5.73 Å². The molecule has 2 N–H and O–H groups in total. The molecule has 1 heterocycles. The van der Waals surface area contributed by atoms with Crippen LogP contribution in [0.4, 0.5) is 5.69 Å². The molecule has 23 heavy (non-hydrogen) atoms. The van der Waals surface area contributed by atoms with Gasteiger partial charge in [-0.25, -0.2) is 4.98 Å². The standard InChI is InChI=1S/C18H18ClN3O/c1-18(2,3)17-21-15-10-12(20)6-9-14(15)16(23)22(17)13-7-4-11(19)5-8-13/h4-10H,20H2,1-3H3. The molecule has 0 saturated heterocycles. The summed E-state index contributed by atoms with van der Waals surface area (Å²) in [7, 11) is 0. The van der Waals surface area contributed by atoms with E-state index in [2.05, 4.69) is 0 Å². The van der Waals surface area contributed by atoms with Crippen molar-refractivity contribution in [3.8, 4) is 5.69 Å². The number of aromatic nitrogens is 2. The molecule has 4 nitrogen and oxygen atoms in total. The van der Waals surface area contributed by atoms with Gasteiger partial charge in [-0.2, -0.15) is 0 Å². The van der Waals surface area contributed by atoms with Gasteiger partial charge in [0.15, 0.2) is 0 Å². The molecule has 0 unspecified atom stereocenters. The third-order valence-electron chi connectivity index (χ3n) is 3.65. The van der Waals surface area contributed by atoms with Crippen LogP contribution in [0.5, 0.6) is 0 Å².